The van der Waals surface area contributed by atoms with Gasteiger partial charge in [0.25, 0.3) is 0 Å². The average Bonchev–Trinajstić information content (AvgIpc) is 2.27. The van der Waals surface area contributed by atoms with E-state index < -0.39 is 0 Å². The Labute approximate surface area is 102 Å². The molecule has 2 nitrogen and oxygen atoms in total. The molecule has 0 fully saturated rings. The van der Waals surface area contributed by atoms with Crippen LogP contribution in [0.3, 0.4) is 0 Å². The van der Waals surface area contributed by atoms with Crippen LogP contribution in [0, 0.1) is 0 Å². The molecule has 3 rings (SSSR count). The highest BCUT2D eigenvalue weighted by atomic mass is 32.2. The largest absolute Gasteiger partial charge is 0.294 e. The van der Waals surface area contributed by atoms with E-state index >= 15 is 0 Å². The summed E-state index contributed by atoms with van der Waals surface area (Å²) < 4.78 is 0. The van der Waals surface area contributed by atoms with Gasteiger partial charge in [-0.05, 0) is 18.2 Å². The van der Waals surface area contributed by atoms with E-state index in [1.54, 1.807) is 17.8 Å². The SMILES string of the molecule is O=C1C=C2Sc3ccccc3N=C2C(=S)C1. The van der Waals surface area contributed by atoms with E-state index in [0.717, 1.165) is 21.2 Å². The molecule has 1 aromatic rings. The summed E-state index contributed by atoms with van der Waals surface area (Å²) in [5.74, 6) is 0.0748. The normalized spacial score (nSPS) is 18.5. The van der Waals surface area contributed by atoms with Gasteiger partial charge < -0.3 is 0 Å². The standard InChI is InChI=1S/C12H7NOS2/c14-7-5-9(15)12-11(6-7)16-10-4-2-1-3-8(10)13-12/h1-4,6H,5H2. The smallest absolute Gasteiger partial charge is 0.162 e. The van der Waals surface area contributed by atoms with Crippen molar-refractivity contribution in [2.45, 2.75) is 11.3 Å². The maximum absolute atomic E-state index is 11.4. The van der Waals surface area contributed by atoms with Crippen LogP contribution in [0.4, 0.5) is 5.69 Å². The molecule has 1 heterocycles. The Morgan fingerprint density at radius 1 is 1.31 bits per heavy atom. The van der Waals surface area contributed by atoms with Gasteiger partial charge in [0.2, 0.25) is 0 Å². The monoisotopic (exact) mass is 245 g/mol. The van der Waals surface area contributed by atoms with Crippen LogP contribution < -0.4 is 0 Å². The molecular formula is C12H7NOS2. The molecule has 0 atom stereocenters. The molecule has 1 aromatic carbocycles. The predicted molar refractivity (Wildman–Crippen MR) is 69.7 cm³/mol. The summed E-state index contributed by atoms with van der Waals surface area (Å²) in [6.45, 7) is 0. The summed E-state index contributed by atoms with van der Waals surface area (Å²) >= 11 is 6.77. The molecule has 0 amide bonds. The maximum Gasteiger partial charge on any atom is 0.162 e. The van der Waals surface area contributed by atoms with Crippen molar-refractivity contribution in [2.75, 3.05) is 0 Å². The number of para-hydroxylation sites is 1. The summed E-state index contributed by atoms with van der Waals surface area (Å²) in [6.07, 6.45) is 1.97. The molecule has 78 valence electrons. The van der Waals surface area contributed by atoms with Gasteiger partial charge in [-0.1, -0.05) is 36.1 Å². The highest BCUT2D eigenvalue weighted by molar-refractivity contribution is 8.04. The zero-order valence-corrected chi connectivity index (χ0v) is 9.90. The molecule has 0 saturated heterocycles. The van der Waals surface area contributed by atoms with Crippen LogP contribution in [0.5, 0.6) is 0 Å². The number of hydrogen-bond acceptors (Lipinski definition) is 4. The van der Waals surface area contributed by atoms with Crippen molar-refractivity contribution in [2.24, 2.45) is 4.99 Å². The Hall–Kier alpha value is -1.26. The molecule has 4 heteroatoms. The molecule has 0 aromatic heterocycles. The summed E-state index contributed by atoms with van der Waals surface area (Å²) in [5, 5.41) is 0. The number of thiocarbonyl (C=S) groups is 1. The van der Waals surface area contributed by atoms with Crippen molar-refractivity contribution in [3.63, 3.8) is 0 Å². The molecule has 1 aliphatic carbocycles. The van der Waals surface area contributed by atoms with Crippen molar-refractivity contribution in [1.29, 1.82) is 0 Å². The van der Waals surface area contributed by atoms with Crippen LogP contribution in [-0.2, 0) is 4.79 Å². The molecule has 0 spiro atoms. The first-order valence-corrected chi connectivity index (χ1v) is 6.10. The highest BCUT2D eigenvalue weighted by Gasteiger charge is 2.26. The Morgan fingerprint density at radius 2 is 2.12 bits per heavy atom. The fraction of sp³-hybridized carbons (Fsp3) is 0.0833. The third-order valence-electron chi connectivity index (χ3n) is 2.44. The summed E-state index contributed by atoms with van der Waals surface area (Å²) in [7, 11) is 0. The minimum Gasteiger partial charge on any atom is -0.294 e. The summed E-state index contributed by atoms with van der Waals surface area (Å²) in [4.78, 5) is 18.5. The Kier molecular flexibility index (Phi) is 2.26. The van der Waals surface area contributed by atoms with E-state index in [1.807, 2.05) is 24.3 Å². The third-order valence-corrected chi connectivity index (χ3v) is 3.88. The zero-order chi connectivity index (χ0) is 11.1. The molecule has 0 radical (unpaired) electrons. The number of allylic oxidation sites excluding steroid dienone is 2. The first-order chi connectivity index (χ1) is 7.74. The number of fused-ring (bicyclic) bond motifs is 2. The number of benzene rings is 1. The van der Waals surface area contributed by atoms with Crippen molar-refractivity contribution in [1.82, 2.24) is 0 Å². The lowest BCUT2D eigenvalue weighted by atomic mass is 10.0. The number of thioether (sulfide) groups is 1. The number of carbonyl (C=O) groups excluding carboxylic acids is 1. The van der Waals surface area contributed by atoms with E-state index in [9.17, 15) is 4.79 Å². The van der Waals surface area contributed by atoms with Crippen LogP contribution in [0.25, 0.3) is 0 Å². The van der Waals surface area contributed by atoms with Crippen LogP contribution in [0.2, 0.25) is 0 Å². The minimum atomic E-state index is 0.0748. The van der Waals surface area contributed by atoms with Crippen LogP contribution in [-0.4, -0.2) is 16.4 Å². The molecule has 0 saturated carbocycles. The first kappa shape index (κ1) is 9.93. The molecule has 16 heavy (non-hydrogen) atoms. The van der Waals surface area contributed by atoms with Gasteiger partial charge in [0.05, 0.1) is 11.4 Å². The molecule has 0 unspecified atom stereocenters. The van der Waals surface area contributed by atoms with Gasteiger partial charge in [0.1, 0.15) is 0 Å². The van der Waals surface area contributed by atoms with Crippen molar-refractivity contribution < 1.29 is 4.79 Å². The van der Waals surface area contributed by atoms with Crippen molar-refractivity contribution >= 4 is 46.0 Å². The number of carbonyl (C=O) groups is 1. The molecule has 2 aliphatic rings. The van der Waals surface area contributed by atoms with Crippen LogP contribution in [0.15, 0.2) is 45.1 Å². The maximum atomic E-state index is 11.4. The molecular weight excluding hydrogens is 238 g/mol. The number of hydrogen-bond donors (Lipinski definition) is 0. The van der Waals surface area contributed by atoms with Gasteiger partial charge in [0.15, 0.2) is 5.78 Å². The zero-order valence-electron chi connectivity index (χ0n) is 8.27. The molecule has 0 bridgehead atoms. The lowest BCUT2D eigenvalue weighted by molar-refractivity contribution is -0.113. The second kappa shape index (κ2) is 3.64. The fourth-order valence-electron chi connectivity index (χ4n) is 1.71. The quantitative estimate of drug-likeness (QED) is 0.658. The first-order valence-electron chi connectivity index (χ1n) is 4.88. The van der Waals surface area contributed by atoms with Gasteiger partial charge in [0, 0.05) is 21.1 Å². The topological polar surface area (TPSA) is 29.4 Å². The molecule has 0 N–H and O–H groups in total. The average molecular weight is 245 g/mol. The van der Waals surface area contributed by atoms with Gasteiger partial charge in [-0.25, -0.2) is 4.99 Å². The van der Waals surface area contributed by atoms with E-state index in [1.165, 1.54) is 0 Å². The van der Waals surface area contributed by atoms with Crippen LogP contribution >= 0.6 is 24.0 Å². The Morgan fingerprint density at radius 3 is 3.00 bits per heavy atom. The summed E-state index contributed by atoms with van der Waals surface area (Å²) in [5.41, 5.74) is 1.75. The Balaban J connectivity index is 2.19. The minimum absolute atomic E-state index is 0.0748. The van der Waals surface area contributed by atoms with E-state index in [2.05, 4.69) is 4.99 Å². The Bertz CT molecular complexity index is 572. The van der Waals surface area contributed by atoms with E-state index in [-0.39, 0.29) is 5.78 Å². The second-order valence-corrected chi connectivity index (χ2v) is 5.18. The van der Waals surface area contributed by atoms with Crippen molar-refractivity contribution in [3.8, 4) is 0 Å². The molecule has 1 aliphatic heterocycles. The second-order valence-electron chi connectivity index (χ2n) is 3.61. The number of rotatable bonds is 0. The van der Waals surface area contributed by atoms with Gasteiger partial charge in [-0.2, -0.15) is 0 Å². The van der Waals surface area contributed by atoms with Gasteiger partial charge in [-0.3, -0.25) is 4.79 Å². The van der Waals surface area contributed by atoms with E-state index in [0.29, 0.717) is 11.3 Å². The van der Waals surface area contributed by atoms with Crippen LogP contribution in [0.1, 0.15) is 6.42 Å². The lowest BCUT2D eigenvalue weighted by Crippen LogP contribution is -2.23. The lowest BCUT2D eigenvalue weighted by Gasteiger charge is -2.20. The number of aliphatic imine (C=N–C) groups is 1. The highest BCUT2D eigenvalue weighted by Crippen LogP contribution is 2.41. The summed E-state index contributed by atoms with van der Waals surface area (Å²) in [6, 6.07) is 7.89. The van der Waals surface area contributed by atoms with Gasteiger partial charge >= 0.3 is 0 Å². The fourth-order valence-corrected chi connectivity index (χ4v) is 3.14. The predicted octanol–water partition coefficient (Wildman–Crippen LogP) is 3.09. The number of ketones is 1. The van der Waals surface area contributed by atoms with Crippen molar-refractivity contribution in [3.05, 3.63) is 35.2 Å². The third kappa shape index (κ3) is 1.54. The van der Waals surface area contributed by atoms with E-state index in [4.69, 9.17) is 12.2 Å². The van der Waals surface area contributed by atoms with Gasteiger partial charge in [-0.15, -0.1) is 0 Å². The number of nitrogens with zero attached hydrogens (tertiary/aromatic N) is 1.